The summed E-state index contributed by atoms with van der Waals surface area (Å²) < 4.78 is 6.53. The second-order valence-corrected chi connectivity index (χ2v) is 6.67. The first-order valence-corrected chi connectivity index (χ1v) is 8.61. The molecule has 140 valence electrons. The van der Waals surface area contributed by atoms with E-state index < -0.39 is 23.2 Å². The number of aromatic nitrogens is 2. The molecule has 4 rings (SSSR count). The normalized spacial score (nSPS) is 13.1. The third-order valence-electron chi connectivity index (χ3n) is 5.15. The summed E-state index contributed by atoms with van der Waals surface area (Å²) in [6, 6.07) is 6.05. The van der Waals surface area contributed by atoms with E-state index in [1.165, 1.54) is 0 Å². The molecule has 5 N–H and O–H groups in total. The molecule has 8 nitrogen and oxygen atoms in total. The van der Waals surface area contributed by atoms with Gasteiger partial charge >= 0.3 is 6.16 Å². The number of hydrogen-bond acceptors (Lipinski definition) is 5. The highest BCUT2D eigenvalue weighted by Gasteiger charge is 2.25. The van der Waals surface area contributed by atoms with E-state index >= 15 is 0 Å². The van der Waals surface area contributed by atoms with Crippen molar-refractivity contribution in [3.05, 3.63) is 45.4 Å². The van der Waals surface area contributed by atoms with Gasteiger partial charge in [-0.1, -0.05) is 0 Å². The zero-order valence-electron chi connectivity index (χ0n) is 14.7. The van der Waals surface area contributed by atoms with Crippen molar-refractivity contribution < 1.29 is 19.7 Å². The van der Waals surface area contributed by atoms with Gasteiger partial charge < -0.3 is 30.2 Å². The van der Waals surface area contributed by atoms with E-state index in [-0.39, 0.29) is 0 Å². The van der Waals surface area contributed by atoms with Crippen LogP contribution < -0.4 is 16.0 Å². The average molecular weight is 369 g/mol. The van der Waals surface area contributed by atoms with Gasteiger partial charge in [0.1, 0.15) is 0 Å². The summed E-state index contributed by atoms with van der Waals surface area (Å²) in [6.45, 7) is 0.417. The Morgan fingerprint density at radius 2 is 2.11 bits per heavy atom. The summed E-state index contributed by atoms with van der Waals surface area (Å²) in [5.74, 6) is -1.00. The van der Waals surface area contributed by atoms with Gasteiger partial charge in [0.15, 0.2) is 5.75 Å². The first kappa shape index (κ1) is 17.2. The Bertz CT molecular complexity index is 1140. The van der Waals surface area contributed by atoms with Crippen LogP contribution in [0.5, 0.6) is 11.5 Å². The van der Waals surface area contributed by atoms with Gasteiger partial charge in [0.2, 0.25) is 5.75 Å². The van der Waals surface area contributed by atoms with E-state index in [1.54, 1.807) is 0 Å². The Morgan fingerprint density at radius 3 is 2.81 bits per heavy atom. The van der Waals surface area contributed by atoms with Crippen molar-refractivity contribution in [1.29, 1.82) is 0 Å². The number of hydrogen-bond donors (Lipinski definition) is 4. The fraction of sp³-hybridized carbons (Fsp3) is 0.263. The summed E-state index contributed by atoms with van der Waals surface area (Å²) in [4.78, 5) is 25.8. The Hall–Kier alpha value is -3.26. The van der Waals surface area contributed by atoms with Gasteiger partial charge in [-0.05, 0) is 43.0 Å². The second-order valence-electron chi connectivity index (χ2n) is 6.67. The molecule has 2 heterocycles. The van der Waals surface area contributed by atoms with Gasteiger partial charge in [0.05, 0.1) is 5.69 Å². The molecule has 0 atom stereocenters. The largest absolute Gasteiger partial charge is 0.511 e. The summed E-state index contributed by atoms with van der Waals surface area (Å²) in [5.41, 5.74) is 9.92. The van der Waals surface area contributed by atoms with Crippen LogP contribution in [0.2, 0.25) is 0 Å². The number of nitrogens with zero attached hydrogens (tertiary/aromatic N) is 1. The number of benzene rings is 1. The van der Waals surface area contributed by atoms with E-state index in [4.69, 9.17) is 10.8 Å². The van der Waals surface area contributed by atoms with Crippen molar-refractivity contribution in [2.45, 2.75) is 25.8 Å². The molecule has 0 radical (unpaired) electrons. The first-order chi connectivity index (χ1) is 12.9. The number of nitrogens with two attached hydrogens (primary N) is 1. The van der Waals surface area contributed by atoms with Crippen LogP contribution in [0.1, 0.15) is 23.2 Å². The Labute approximate surface area is 153 Å². The number of H-pyrrole nitrogens is 1. The number of aromatic hydroxyl groups is 1. The Kier molecular flexibility index (Phi) is 3.92. The minimum atomic E-state index is -1.65. The van der Waals surface area contributed by atoms with Crippen LogP contribution in [0.3, 0.4) is 0 Å². The lowest BCUT2D eigenvalue weighted by Crippen LogP contribution is -2.17. The third kappa shape index (κ3) is 2.65. The van der Waals surface area contributed by atoms with E-state index in [9.17, 15) is 14.7 Å². The van der Waals surface area contributed by atoms with Gasteiger partial charge in [-0.3, -0.25) is 4.79 Å². The molecule has 0 aliphatic heterocycles. The molecular weight excluding hydrogens is 350 g/mol. The molecule has 0 saturated carbocycles. The smallest absolute Gasteiger partial charge is 0.504 e. The standard InChI is InChI=1S/C19H19N3O5/c1-22-11(8-20)5-10-6-13-9(7-14(10)22)3-2-4-12-15(13)21-18(24)17(16(12)23)27-19(25)26/h5-7H,2-4,8,20H2,1H3,(H,25,26)(H2,21,23,24). The van der Waals surface area contributed by atoms with Crippen molar-refractivity contribution in [3.63, 3.8) is 0 Å². The van der Waals surface area contributed by atoms with Crippen LogP contribution in [0.4, 0.5) is 4.79 Å². The number of aromatic amines is 1. The summed E-state index contributed by atoms with van der Waals surface area (Å²) >= 11 is 0. The van der Waals surface area contributed by atoms with Crippen LogP contribution >= 0.6 is 0 Å². The summed E-state index contributed by atoms with van der Waals surface area (Å²) in [5, 5.41) is 20.3. The predicted octanol–water partition coefficient (Wildman–Crippen LogP) is 2.24. The Morgan fingerprint density at radius 1 is 1.33 bits per heavy atom. The maximum Gasteiger partial charge on any atom is 0.511 e. The molecule has 1 aromatic carbocycles. The van der Waals surface area contributed by atoms with E-state index in [1.807, 2.05) is 23.7 Å². The first-order valence-electron chi connectivity index (χ1n) is 8.61. The van der Waals surface area contributed by atoms with E-state index in [0.717, 1.165) is 40.6 Å². The van der Waals surface area contributed by atoms with Crippen LogP contribution in [-0.2, 0) is 26.4 Å². The quantitative estimate of drug-likeness (QED) is 0.513. The molecule has 27 heavy (non-hydrogen) atoms. The molecule has 1 aliphatic rings. The minimum absolute atomic E-state index is 0.417. The molecule has 1 aliphatic carbocycles. The molecule has 0 amide bonds. The molecule has 8 heteroatoms. The number of rotatable bonds is 2. The second kappa shape index (κ2) is 6.17. The van der Waals surface area contributed by atoms with Crippen LogP contribution in [0, 0.1) is 0 Å². The highest BCUT2D eigenvalue weighted by molar-refractivity contribution is 5.89. The lowest BCUT2D eigenvalue weighted by Gasteiger charge is -2.13. The topological polar surface area (TPSA) is 131 Å². The predicted molar refractivity (Wildman–Crippen MR) is 99.2 cm³/mol. The van der Waals surface area contributed by atoms with Gasteiger partial charge in [-0.15, -0.1) is 0 Å². The zero-order chi connectivity index (χ0) is 19.3. The molecule has 2 aromatic heterocycles. The Balaban J connectivity index is 1.99. The van der Waals surface area contributed by atoms with Crippen molar-refractivity contribution in [2.24, 2.45) is 12.8 Å². The number of ether oxygens (including phenoxy) is 1. The number of aryl methyl sites for hydroxylation is 2. The number of fused-ring (bicyclic) bond motifs is 4. The number of pyridine rings is 1. The highest BCUT2D eigenvalue weighted by atomic mass is 16.7. The van der Waals surface area contributed by atoms with Gasteiger partial charge in [0.25, 0.3) is 5.56 Å². The lowest BCUT2D eigenvalue weighted by atomic mass is 9.99. The monoisotopic (exact) mass is 369 g/mol. The molecule has 0 fully saturated rings. The lowest BCUT2D eigenvalue weighted by molar-refractivity contribution is 0.142. The van der Waals surface area contributed by atoms with E-state index in [2.05, 4.69) is 15.8 Å². The summed E-state index contributed by atoms with van der Waals surface area (Å²) in [6.07, 6.45) is 0.350. The van der Waals surface area contributed by atoms with Crippen molar-refractivity contribution in [3.8, 4) is 22.8 Å². The fourth-order valence-electron chi connectivity index (χ4n) is 3.84. The molecule has 3 aromatic rings. The van der Waals surface area contributed by atoms with Crippen LogP contribution in [-0.4, -0.2) is 25.9 Å². The molecule has 0 bridgehead atoms. The molecule has 0 spiro atoms. The van der Waals surface area contributed by atoms with Crippen molar-refractivity contribution >= 4 is 17.1 Å². The SMILES string of the molecule is Cn1c(CN)cc2cc3c(cc21)CCCc1c-3[nH]c(=O)c(OC(=O)O)c1O. The molecule has 0 saturated heterocycles. The molecule has 0 unspecified atom stereocenters. The maximum atomic E-state index is 12.3. The minimum Gasteiger partial charge on any atom is -0.504 e. The van der Waals surface area contributed by atoms with Crippen molar-refractivity contribution in [1.82, 2.24) is 9.55 Å². The van der Waals surface area contributed by atoms with E-state index in [0.29, 0.717) is 24.2 Å². The van der Waals surface area contributed by atoms with Gasteiger partial charge in [-0.2, -0.15) is 0 Å². The van der Waals surface area contributed by atoms with Gasteiger partial charge in [-0.25, -0.2) is 4.79 Å². The van der Waals surface area contributed by atoms with Crippen LogP contribution in [0.25, 0.3) is 22.2 Å². The average Bonchev–Trinajstić information content (AvgIpc) is 2.83. The highest BCUT2D eigenvalue weighted by Crippen LogP contribution is 2.40. The van der Waals surface area contributed by atoms with Crippen LogP contribution in [0.15, 0.2) is 23.0 Å². The zero-order valence-corrected chi connectivity index (χ0v) is 14.7. The third-order valence-corrected chi connectivity index (χ3v) is 5.15. The number of nitrogens with one attached hydrogen (secondary N) is 1. The number of carbonyl (C=O) groups is 1. The fourth-order valence-corrected chi connectivity index (χ4v) is 3.84. The number of carboxylic acid groups (broad SMARTS) is 1. The van der Waals surface area contributed by atoms with Crippen molar-refractivity contribution in [2.75, 3.05) is 0 Å². The molecular formula is C19H19N3O5. The van der Waals surface area contributed by atoms with Gasteiger partial charge in [0, 0.05) is 41.3 Å². The maximum absolute atomic E-state index is 12.3. The summed E-state index contributed by atoms with van der Waals surface area (Å²) in [7, 11) is 1.96.